The van der Waals surface area contributed by atoms with Crippen molar-refractivity contribution < 1.29 is 14.3 Å². The van der Waals surface area contributed by atoms with Crippen molar-refractivity contribution >= 4 is 17.5 Å². The number of hydrogen-bond acceptors (Lipinski definition) is 3. The highest BCUT2D eigenvalue weighted by molar-refractivity contribution is 6.30. The summed E-state index contributed by atoms with van der Waals surface area (Å²) in [6, 6.07) is 14.5. The third kappa shape index (κ3) is 4.65. The molecule has 128 valence electrons. The Morgan fingerprint density at radius 2 is 1.96 bits per heavy atom. The number of carbonyl (C=O) groups excluding carboxylic acids is 1. The van der Waals surface area contributed by atoms with Crippen molar-refractivity contribution in [2.75, 3.05) is 7.11 Å². The molecule has 0 unspecified atom stereocenters. The zero-order chi connectivity index (χ0) is 17.5. The van der Waals surface area contributed by atoms with E-state index < -0.39 is 6.10 Å². The van der Waals surface area contributed by atoms with E-state index in [4.69, 9.17) is 21.1 Å². The molecule has 24 heavy (non-hydrogen) atoms. The molecule has 0 aliphatic carbocycles. The minimum Gasteiger partial charge on any atom is -0.496 e. The predicted octanol–water partition coefficient (Wildman–Crippen LogP) is 4.38. The lowest BCUT2D eigenvalue weighted by atomic mass is 10.1. The average Bonchev–Trinajstić information content (AvgIpc) is 2.59. The first kappa shape index (κ1) is 18.1. The molecule has 5 heteroatoms. The normalized spacial score (nSPS) is 13.0. The summed E-state index contributed by atoms with van der Waals surface area (Å²) in [5, 5.41) is 3.55. The summed E-state index contributed by atoms with van der Waals surface area (Å²) in [6.45, 7) is 3.82. The highest BCUT2D eigenvalue weighted by atomic mass is 35.5. The molecule has 0 fully saturated rings. The Hall–Kier alpha value is -2.20. The van der Waals surface area contributed by atoms with Crippen LogP contribution in [0.5, 0.6) is 11.5 Å². The van der Waals surface area contributed by atoms with E-state index in [9.17, 15) is 4.79 Å². The summed E-state index contributed by atoms with van der Waals surface area (Å²) in [7, 11) is 1.62. The van der Waals surface area contributed by atoms with Crippen molar-refractivity contribution in [2.45, 2.75) is 32.4 Å². The van der Waals surface area contributed by atoms with Crippen LogP contribution < -0.4 is 14.8 Å². The van der Waals surface area contributed by atoms with Gasteiger partial charge in [-0.05, 0) is 37.6 Å². The molecule has 2 aromatic carbocycles. The Kier molecular flexibility index (Phi) is 6.50. The van der Waals surface area contributed by atoms with Gasteiger partial charge in [0.15, 0.2) is 6.10 Å². The third-order valence-corrected chi connectivity index (χ3v) is 3.94. The van der Waals surface area contributed by atoms with Crippen LogP contribution in [0.4, 0.5) is 0 Å². The molecule has 1 N–H and O–H groups in total. The number of methoxy groups -OCH3 is 1. The maximum absolute atomic E-state index is 12.5. The fraction of sp³-hybridized carbons (Fsp3) is 0.316. The largest absolute Gasteiger partial charge is 0.496 e. The van der Waals surface area contributed by atoms with Crippen LogP contribution in [0.1, 0.15) is 31.9 Å². The number of ether oxygens (including phenoxy) is 2. The summed E-state index contributed by atoms with van der Waals surface area (Å²) >= 11 is 5.95. The number of para-hydroxylation sites is 1. The summed E-state index contributed by atoms with van der Waals surface area (Å²) in [4.78, 5) is 12.5. The van der Waals surface area contributed by atoms with Gasteiger partial charge >= 0.3 is 0 Å². The van der Waals surface area contributed by atoms with E-state index in [1.807, 2.05) is 38.1 Å². The molecule has 1 amide bonds. The zero-order valence-electron chi connectivity index (χ0n) is 14.1. The molecule has 0 heterocycles. The van der Waals surface area contributed by atoms with Gasteiger partial charge in [0.25, 0.3) is 5.91 Å². The smallest absolute Gasteiger partial charge is 0.261 e. The summed E-state index contributed by atoms with van der Waals surface area (Å²) < 4.78 is 11.1. The van der Waals surface area contributed by atoms with Crippen LogP contribution in [0, 0.1) is 0 Å². The maximum atomic E-state index is 12.5. The van der Waals surface area contributed by atoms with Crippen molar-refractivity contribution in [3.8, 4) is 11.5 Å². The molecule has 0 spiro atoms. The molecule has 0 bridgehead atoms. The van der Waals surface area contributed by atoms with Gasteiger partial charge in [-0.3, -0.25) is 4.79 Å². The van der Waals surface area contributed by atoms with Crippen LogP contribution in [0.2, 0.25) is 5.02 Å². The molecule has 2 rings (SSSR count). The van der Waals surface area contributed by atoms with E-state index in [2.05, 4.69) is 5.32 Å². The fourth-order valence-corrected chi connectivity index (χ4v) is 2.62. The molecule has 0 saturated carbocycles. The highest BCUT2D eigenvalue weighted by Gasteiger charge is 2.22. The van der Waals surface area contributed by atoms with E-state index in [1.165, 1.54) is 0 Å². The lowest BCUT2D eigenvalue weighted by molar-refractivity contribution is -0.128. The fourth-order valence-electron chi connectivity index (χ4n) is 2.44. The lowest BCUT2D eigenvalue weighted by Gasteiger charge is -2.22. The van der Waals surface area contributed by atoms with Gasteiger partial charge in [0.05, 0.1) is 13.2 Å². The Balaban J connectivity index is 2.06. The van der Waals surface area contributed by atoms with Crippen LogP contribution >= 0.6 is 11.6 Å². The van der Waals surface area contributed by atoms with Crippen molar-refractivity contribution in [1.82, 2.24) is 5.32 Å². The molecular formula is C19H22ClNO3. The second-order valence-electron chi connectivity index (χ2n) is 5.44. The van der Waals surface area contributed by atoms with E-state index in [1.54, 1.807) is 31.4 Å². The van der Waals surface area contributed by atoms with Crippen LogP contribution in [-0.4, -0.2) is 19.1 Å². The summed E-state index contributed by atoms with van der Waals surface area (Å²) in [5.74, 6) is 1.15. The number of carbonyl (C=O) groups is 1. The first-order valence-corrected chi connectivity index (χ1v) is 8.28. The maximum Gasteiger partial charge on any atom is 0.261 e. The van der Waals surface area contributed by atoms with Gasteiger partial charge in [0, 0.05) is 10.6 Å². The van der Waals surface area contributed by atoms with Crippen LogP contribution in [-0.2, 0) is 4.79 Å². The number of hydrogen-bond donors (Lipinski definition) is 1. The standard InChI is InChI=1S/C19H22ClNO3/c1-4-17(24-15-9-7-8-14(20)12-15)19(22)21-13(2)16-10-5-6-11-18(16)23-3/h5-13,17H,4H2,1-3H3,(H,21,22)/t13-,17+/m1/s1. The van der Waals surface area contributed by atoms with E-state index >= 15 is 0 Å². The Morgan fingerprint density at radius 1 is 1.21 bits per heavy atom. The highest BCUT2D eigenvalue weighted by Crippen LogP contribution is 2.25. The van der Waals surface area contributed by atoms with Gasteiger partial charge in [0.1, 0.15) is 11.5 Å². The number of nitrogens with one attached hydrogen (secondary N) is 1. The molecule has 2 aromatic rings. The quantitative estimate of drug-likeness (QED) is 0.808. The molecule has 0 radical (unpaired) electrons. The van der Waals surface area contributed by atoms with Crippen molar-refractivity contribution in [1.29, 1.82) is 0 Å². The molecular weight excluding hydrogens is 326 g/mol. The Bertz CT molecular complexity index is 690. The minimum atomic E-state index is -0.583. The first-order valence-electron chi connectivity index (χ1n) is 7.90. The van der Waals surface area contributed by atoms with Gasteiger partial charge < -0.3 is 14.8 Å². The van der Waals surface area contributed by atoms with E-state index in [0.717, 1.165) is 11.3 Å². The topological polar surface area (TPSA) is 47.6 Å². The van der Waals surface area contributed by atoms with Gasteiger partial charge in [0.2, 0.25) is 0 Å². The van der Waals surface area contributed by atoms with Crippen molar-refractivity contribution in [3.63, 3.8) is 0 Å². The van der Waals surface area contributed by atoms with Gasteiger partial charge in [-0.25, -0.2) is 0 Å². The van der Waals surface area contributed by atoms with Gasteiger partial charge in [-0.2, -0.15) is 0 Å². The number of halogens is 1. The number of amides is 1. The second-order valence-corrected chi connectivity index (χ2v) is 5.88. The lowest BCUT2D eigenvalue weighted by Crippen LogP contribution is -2.39. The van der Waals surface area contributed by atoms with Crippen LogP contribution in [0.15, 0.2) is 48.5 Å². The Morgan fingerprint density at radius 3 is 2.62 bits per heavy atom. The van der Waals surface area contributed by atoms with Crippen LogP contribution in [0.3, 0.4) is 0 Å². The summed E-state index contributed by atoms with van der Waals surface area (Å²) in [5.41, 5.74) is 0.922. The second kappa shape index (κ2) is 8.60. The monoisotopic (exact) mass is 347 g/mol. The van der Waals surface area contributed by atoms with E-state index in [0.29, 0.717) is 17.2 Å². The Labute approximate surface area is 147 Å². The van der Waals surface area contributed by atoms with E-state index in [-0.39, 0.29) is 11.9 Å². The molecule has 4 nitrogen and oxygen atoms in total. The third-order valence-electron chi connectivity index (χ3n) is 3.70. The van der Waals surface area contributed by atoms with Crippen molar-refractivity contribution in [2.24, 2.45) is 0 Å². The molecule has 0 saturated heterocycles. The SMILES string of the molecule is CC[C@H](Oc1cccc(Cl)c1)C(=O)N[C@H](C)c1ccccc1OC. The van der Waals surface area contributed by atoms with Gasteiger partial charge in [-0.1, -0.05) is 42.8 Å². The average molecular weight is 348 g/mol. The number of rotatable bonds is 7. The zero-order valence-corrected chi connectivity index (χ0v) is 14.8. The predicted molar refractivity (Wildman–Crippen MR) is 95.7 cm³/mol. The van der Waals surface area contributed by atoms with Crippen LogP contribution in [0.25, 0.3) is 0 Å². The molecule has 0 aromatic heterocycles. The summed E-state index contributed by atoms with van der Waals surface area (Å²) in [6.07, 6.45) is -0.0302. The van der Waals surface area contributed by atoms with Gasteiger partial charge in [-0.15, -0.1) is 0 Å². The molecule has 0 aliphatic heterocycles. The minimum absolute atomic E-state index is 0.170. The number of benzene rings is 2. The van der Waals surface area contributed by atoms with Crippen molar-refractivity contribution in [3.05, 3.63) is 59.1 Å². The molecule has 2 atom stereocenters. The first-order chi connectivity index (χ1) is 11.5. The molecule has 0 aliphatic rings.